The van der Waals surface area contributed by atoms with Crippen LogP contribution in [-0.2, 0) is 0 Å². The number of benzene rings is 1. The molecule has 1 fully saturated rings. The van der Waals surface area contributed by atoms with Gasteiger partial charge in [-0.05, 0) is 51.3 Å². The molecule has 1 aromatic carbocycles. The number of nitrogens with zero attached hydrogens (tertiary/aromatic N) is 1. The van der Waals surface area contributed by atoms with Crippen molar-refractivity contribution in [1.82, 2.24) is 5.32 Å². The summed E-state index contributed by atoms with van der Waals surface area (Å²) in [6, 6.07) is 9.42. The van der Waals surface area contributed by atoms with E-state index in [0.717, 1.165) is 13.1 Å². The Labute approximate surface area is 118 Å². The fourth-order valence-corrected chi connectivity index (χ4v) is 3.27. The largest absolute Gasteiger partial charge is 0.362 e. The molecule has 1 atom stereocenters. The van der Waals surface area contributed by atoms with Gasteiger partial charge in [-0.2, -0.15) is 0 Å². The van der Waals surface area contributed by atoms with Crippen molar-refractivity contribution in [3.05, 3.63) is 29.8 Å². The van der Waals surface area contributed by atoms with E-state index in [1.807, 2.05) is 0 Å². The maximum absolute atomic E-state index is 3.56. The van der Waals surface area contributed by atoms with Gasteiger partial charge < -0.3 is 10.2 Å². The highest BCUT2D eigenvalue weighted by atomic mass is 15.2. The highest BCUT2D eigenvalue weighted by Gasteiger charge is 2.33. The zero-order chi connectivity index (χ0) is 14.0. The highest BCUT2D eigenvalue weighted by Crippen LogP contribution is 2.35. The summed E-state index contributed by atoms with van der Waals surface area (Å²) in [6.07, 6.45) is 1.18. The van der Waals surface area contributed by atoms with Crippen LogP contribution in [-0.4, -0.2) is 24.7 Å². The monoisotopic (exact) mass is 260 g/mol. The zero-order valence-corrected chi connectivity index (χ0v) is 13.0. The smallest absolute Gasteiger partial charge is 0.0408 e. The predicted octanol–water partition coefficient (Wildman–Crippen LogP) is 3.78. The lowest BCUT2D eigenvalue weighted by atomic mass is 9.92. The van der Waals surface area contributed by atoms with Crippen LogP contribution in [0.4, 0.5) is 5.69 Å². The van der Waals surface area contributed by atoms with Gasteiger partial charge >= 0.3 is 0 Å². The van der Waals surface area contributed by atoms with Gasteiger partial charge in [-0.25, -0.2) is 0 Å². The van der Waals surface area contributed by atoms with Crippen LogP contribution in [0.3, 0.4) is 0 Å². The van der Waals surface area contributed by atoms with Crippen LogP contribution in [0.5, 0.6) is 0 Å². The Bertz CT molecular complexity index is 423. The van der Waals surface area contributed by atoms with E-state index in [0.29, 0.717) is 12.0 Å². The Hall–Kier alpha value is -1.02. The minimum atomic E-state index is 0.202. The summed E-state index contributed by atoms with van der Waals surface area (Å²) in [7, 11) is 0. The van der Waals surface area contributed by atoms with Crippen LogP contribution < -0.4 is 10.2 Å². The number of anilines is 1. The Morgan fingerprint density at radius 1 is 1.26 bits per heavy atom. The molecule has 19 heavy (non-hydrogen) atoms. The van der Waals surface area contributed by atoms with Crippen molar-refractivity contribution in [3.63, 3.8) is 0 Å². The standard InChI is InChI=1S/C17H28N2/c1-13(2)15-8-6-7-9-16(15)19-14(3)12-18-11-10-17(19,4)5/h6-9,13-14,18H,10-12H2,1-5H3. The van der Waals surface area contributed by atoms with Gasteiger partial charge in [-0.3, -0.25) is 0 Å². The van der Waals surface area contributed by atoms with Gasteiger partial charge in [-0.1, -0.05) is 32.0 Å². The minimum Gasteiger partial charge on any atom is -0.362 e. The second kappa shape index (κ2) is 5.54. The first-order valence-electron chi connectivity index (χ1n) is 7.52. The lowest BCUT2D eigenvalue weighted by Crippen LogP contribution is -2.50. The van der Waals surface area contributed by atoms with Gasteiger partial charge in [0, 0.05) is 23.8 Å². The number of nitrogens with one attached hydrogen (secondary N) is 1. The average molecular weight is 260 g/mol. The summed E-state index contributed by atoms with van der Waals surface area (Å²) >= 11 is 0. The molecule has 0 radical (unpaired) electrons. The summed E-state index contributed by atoms with van der Waals surface area (Å²) in [5.74, 6) is 0.565. The van der Waals surface area contributed by atoms with E-state index < -0.39 is 0 Å². The van der Waals surface area contributed by atoms with Gasteiger partial charge in [0.1, 0.15) is 0 Å². The quantitative estimate of drug-likeness (QED) is 0.870. The fraction of sp³-hybridized carbons (Fsp3) is 0.647. The molecule has 0 aromatic heterocycles. The van der Waals surface area contributed by atoms with E-state index in [-0.39, 0.29) is 5.54 Å². The second-order valence-electron chi connectivity index (χ2n) is 6.70. The summed E-state index contributed by atoms with van der Waals surface area (Å²) in [6.45, 7) is 13.8. The van der Waals surface area contributed by atoms with Crippen molar-refractivity contribution in [2.75, 3.05) is 18.0 Å². The third-order valence-corrected chi connectivity index (χ3v) is 4.26. The van der Waals surface area contributed by atoms with E-state index in [2.05, 4.69) is 69.1 Å². The SMILES string of the molecule is CC(C)c1ccccc1N1C(C)CNCCC1(C)C. The predicted molar refractivity (Wildman–Crippen MR) is 84.0 cm³/mol. The maximum Gasteiger partial charge on any atom is 0.0408 e. The summed E-state index contributed by atoms with van der Waals surface area (Å²) in [5.41, 5.74) is 3.08. The summed E-state index contributed by atoms with van der Waals surface area (Å²) in [4.78, 5) is 2.63. The molecule has 2 heteroatoms. The van der Waals surface area contributed by atoms with Crippen LogP contribution in [0.25, 0.3) is 0 Å². The van der Waals surface area contributed by atoms with Gasteiger partial charge in [0.05, 0.1) is 0 Å². The van der Waals surface area contributed by atoms with Crippen LogP contribution in [0.2, 0.25) is 0 Å². The van der Waals surface area contributed by atoms with Crippen molar-refractivity contribution < 1.29 is 0 Å². The first kappa shape index (κ1) is 14.4. The first-order chi connectivity index (χ1) is 8.93. The molecule has 1 heterocycles. The Balaban J connectivity index is 2.47. The van der Waals surface area contributed by atoms with Crippen molar-refractivity contribution in [2.45, 2.75) is 58.5 Å². The number of hydrogen-bond acceptors (Lipinski definition) is 2. The molecule has 2 nitrogen and oxygen atoms in total. The molecule has 0 saturated carbocycles. The molecule has 0 amide bonds. The van der Waals surface area contributed by atoms with Crippen molar-refractivity contribution >= 4 is 5.69 Å². The first-order valence-corrected chi connectivity index (χ1v) is 7.52. The molecule has 2 rings (SSSR count). The molecule has 1 aromatic rings. The van der Waals surface area contributed by atoms with Crippen LogP contribution in [0.15, 0.2) is 24.3 Å². The molecule has 1 saturated heterocycles. The number of para-hydroxylation sites is 1. The van der Waals surface area contributed by atoms with Crippen molar-refractivity contribution in [3.8, 4) is 0 Å². The van der Waals surface area contributed by atoms with Crippen molar-refractivity contribution in [2.24, 2.45) is 0 Å². The lowest BCUT2D eigenvalue weighted by Gasteiger charge is -2.44. The third-order valence-electron chi connectivity index (χ3n) is 4.26. The van der Waals surface area contributed by atoms with Crippen molar-refractivity contribution in [1.29, 1.82) is 0 Å². The molecular formula is C17H28N2. The molecule has 106 valence electrons. The topological polar surface area (TPSA) is 15.3 Å². The normalized spacial score (nSPS) is 23.5. The minimum absolute atomic E-state index is 0.202. The molecule has 0 aliphatic carbocycles. The Morgan fingerprint density at radius 2 is 1.95 bits per heavy atom. The second-order valence-corrected chi connectivity index (χ2v) is 6.70. The summed E-state index contributed by atoms with van der Waals surface area (Å²) in [5, 5.41) is 3.56. The van der Waals surface area contributed by atoms with E-state index in [4.69, 9.17) is 0 Å². The number of hydrogen-bond donors (Lipinski definition) is 1. The molecule has 0 bridgehead atoms. The van der Waals surface area contributed by atoms with Crippen LogP contribution in [0, 0.1) is 0 Å². The van der Waals surface area contributed by atoms with Crippen LogP contribution >= 0.6 is 0 Å². The van der Waals surface area contributed by atoms with Gasteiger partial charge in [-0.15, -0.1) is 0 Å². The third kappa shape index (κ3) is 2.94. The maximum atomic E-state index is 3.56. The van der Waals surface area contributed by atoms with Gasteiger partial charge in [0.15, 0.2) is 0 Å². The molecule has 0 spiro atoms. The lowest BCUT2D eigenvalue weighted by molar-refractivity contribution is 0.425. The highest BCUT2D eigenvalue weighted by molar-refractivity contribution is 5.57. The number of rotatable bonds is 2. The summed E-state index contributed by atoms with van der Waals surface area (Å²) < 4.78 is 0. The van der Waals surface area contributed by atoms with Gasteiger partial charge in [0.25, 0.3) is 0 Å². The van der Waals surface area contributed by atoms with E-state index in [1.54, 1.807) is 0 Å². The Kier molecular flexibility index (Phi) is 4.19. The molecule has 1 aliphatic heterocycles. The van der Waals surface area contributed by atoms with E-state index in [1.165, 1.54) is 17.7 Å². The average Bonchev–Trinajstić information content (AvgIpc) is 2.47. The molecular weight excluding hydrogens is 232 g/mol. The van der Waals surface area contributed by atoms with Gasteiger partial charge in [0.2, 0.25) is 0 Å². The zero-order valence-electron chi connectivity index (χ0n) is 13.0. The Morgan fingerprint density at radius 3 is 2.63 bits per heavy atom. The molecule has 1 aliphatic rings. The molecule has 1 N–H and O–H groups in total. The van der Waals surface area contributed by atoms with E-state index in [9.17, 15) is 0 Å². The van der Waals surface area contributed by atoms with E-state index >= 15 is 0 Å². The molecule has 1 unspecified atom stereocenters. The fourth-order valence-electron chi connectivity index (χ4n) is 3.27. The van der Waals surface area contributed by atoms with Crippen LogP contribution in [0.1, 0.15) is 52.5 Å².